The maximum atomic E-state index is 13.0. The van der Waals surface area contributed by atoms with Crippen LogP contribution in [0.3, 0.4) is 0 Å². The first kappa shape index (κ1) is 19.5. The van der Waals surface area contributed by atoms with Gasteiger partial charge in [-0.2, -0.15) is 8.42 Å². The van der Waals surface area contributed by atoms with Gasteiger partial charge in [0.25, 0.3) is 5.91 Å². The van der Waals surface area contributed by atoms with Gasteiger partial charge in [0.15, 0.2) is 0 Å². The number of halogens is 1. The minimum absolute atomic E-state index is 0.166. The van der Waals surface area contributed by atoms with E-state index in [1.807, 2.05) is 30.3 Å². The fourth-order valence-electron chi connectivity index (χ4n) is 4.17. The van der Waals surface area contributed by atoms with Crippen LogP contribution in [0.4, 0.5) is 3.89 Å². The van der Waals surface area contributed by atoms with Crippen molar-refractivity contribution in [1.82, 2.24) is 5.32 Å². The second-order valence-electron chi connectivity index (χ2n) is 7.56. The Bertz CT molecular complexity index is 1530. The Labute approximate surface area is 178 Å². The first-order valence-corrected chi connectivity index (χ1v) is 11.3. The highest BCUT2D eigenvalue weighted by Crippen LogP contribution is 2.35. The zero-order valence-electron chi connectivity index (χ0n) is 16.4. The Balaban J connectivity index is 1.40. The molecule has 0 unspecified atom stereocenters. The predicted molar refractivity (Wildman–Crippen MR) is 121 cm³/mol. The van der Waals surface area contributed by atoms with E-state index in [9.17, 15) is 17.1 Å². The molecule has 6 heteroatoms. The Hall–Kier alpha value is -3.51. The summed E-state index contributed by atoms with van der Waals surface area (Å²) in [4.78, 5) is 12.6. The molecule has 5 aromatic carbocycles. The summed E-state index contributed by atoms with van der Waals surface area (Å²) in [5, 5.41) is 9.49. The Morgan fingerprint density at radius 1 is 0.774 bits per heavy atom. The summed E-state index contributed by atoms with van der Waals surface area (Å²) < 4.78 is 34.8. The minimum atomic E-state index is -4.70. The van der Waals surface area contributed by atoms with E-state index in [1.54, 1.807) is 12.1 Å². The van der Waals surface area contributed by atoms with E-state index in [1.165, 1.54) is 12.1 Å². The van der Waals surface area contributed by atoms with E-state index in [0.29, 0.717) is 18.5 Å². The number of rotatable bonds is 5. The molecule has 1 N–H and O–H groups in total. The molecular formula is C25H18FNO3S. The minimum Gasteiger partial charge on any atom is -0.352 e. The molecule has 1 amide bonds. The average molecular weight is 431 g/mol. The lowest BCUT2D eigenvalue weighted by molar-refractivity contribution is 0.0956. The number of benzene rings is 5. The molecule has 5 rings (SSSR count). The van der Waals surface area contributed by atoms with E-state index in [-0.39, 0.29) is 10.8 Å². The van der Waals surface area contributed by atoms with Crippen LogP contribution in [0, 0.1) is 0 Å². The van der Waals surface area contributed by atoms with Crippen LogP contribution in [-0.2, 0) is 16.6 Å². The van der Waals surface area contributed by atoms with E-state index in [0.717, 1.165) is 37.9 Å². The molecule has 4 nitrogen and oxygen atoms in total. The number of carbonyl (C=O) groups excluding carboxylic acids is 1. The molecule has 0 bridgehead atoms. The van der Waals surface area contributed by atoms with Crippen molar-refractivity contribution in [3.8, 4) is 0 Å². The molecule has 0 aromatic heterocycles. The molecule has 0 atom stereocenters. The van der Waals surface area contributed by atoms with Crippen LogP contribution in [0.1, 0.15) is 15.9 Å². The summed E-state index contributed by atoms with van der Waals surface area (Å²) in [6, 6.07) is 23.8. The van der Waals surface area contributed by atoms with Crippen molar-refractivity contribution in [1.29, 1.82) is 0 Å². The molecule has 31 heavy (non-hydrogen) atoms. The summed E-state index contributed by atoms with van der Waals surface area (Å²) in [7, 11) is -4.70. The van der Waals surface area contributed by atoms with Gasteiger partial charge in [0.2, 0.25) is 0 Å². The summed E-state index contributed by atoms with van der Waals surface area (Å²) in [5.41, 5.74) is 1.42. The highest BCUT2D eigenvalue weighted by atomic mass is 32.3. The van der Waals surface area contributed by atoms with E-state index < -0.39 is 10.2 Å². The summed E-state index contributed by atoms with van der Waals surface area (Å²) >= 11 is 0. The van der Waals surface area contributed by atoms with Gasteiger partial charge in [0, 0.05) is 12.1 Å². The standard InChI is InChI=1S/C25H18FNO3S/c26-31(29,30)20-10-4-16(5-11-20)14-15-27-25(28)22-13-9-19-7-6-17-2-1-3-18-8-12-21(22)24(19)23(17)18/h1-13H,14-15H2,(H,27,28). The molecule has 0 aliphatic rings. The molecular weight excluding hydrogens is 413 g/mol. The Kier molecular flexibility index (Phi) is 4.59. The zero-order chi connectivity index (χ0) is 21.6. The first-order valence-electron chi connectivity index (χ1n) is 9.90. The number of carbonyl (C=O) groups is 1. The lowest BCUT2D eigenvalue weighted by Crippen LogP contribution is -2.25. The third-order valence-electron chi connectivity index (χ3n) is 5.68. The normalized spacial score (nSPS) is 12.0. The Morgan fingerprint density at radius 3 is 2.06 bits per heavy atom. The van der Waals surface area contributed by atoms with Crippen LogP contribution in [-0.4, -0.2) is 20.9 Å². The lowest BCUT2D eigenvalue weighted by atomic mass is 9.92. The molecule has 0 heterocycles. The van der Waals surface area contributed by atoms with Crippen LogP contribution < -0.4 is 5.32 Å². The van der Waals surface area contributed by atoms with Gasteiger partial charge in [-0.1, -0.05) is 60.7 Å². The molecule has 5 aromatic rings. The van der Waals surface area contributed by atoms with Crippen molar-refractivity contribution >= 4 is 48.4 Å². The van der Waals surface area contributed by atoms with Gasteiger partial charge in [-0.3, -0.25) is 4.79 Å². The second-order valence-corrected chi connectivity index (χ2v) is 8.90. The topological polar surface area (TPSA) is 63.2 Å². The average Bonchev–Trinajstić information content (AvgIpc) is 2.77. The second kappa shape index (κ2) is 7.32. The van der Waals surface area contributed by atoms with Gasteiger partial charge >= 0.3 is 10.2 Å². The smallest absolute Gasteiger partial charge is 0.332 e. The van der Waals surface area contributed by atoms with Gasteiger partial charge < -0.3 is 5.32 Å². The fraction of sp³-hybridized carbons (Fsp3) is 0.0800. The lowest BCUT2D eigenvalue weighted by Gasteiger charge is -2.14. The molecule has 0 aliphatic heterocycles. The third-order valence-corrected chi connectivity index (χ3v) is 6.51. The molecule has 0 saturated carbocycles. The Morgan fingerprint density at radius 2 is 1.39 bits per heavy atom. The SMILES string of the molecule is O=C(NCCc1ccc(S(=O)(=O)F)cc1)c1ccc2ccc3cccc4ccc1c2c34. The number of nitrogens with one attached hydrogen (secondary N) is 1. The van der Waals surface area contributed by atoms with Crippen LogP contribution in [0.5, 0.6) is 0 Å². The van der Waals surface area contributed by atoms with Crippen molar-refractivity contribution in [3.05, 3.63) is 90.0 Å². The number of amides is 1. The van der Waals surface area contributed by atoms with Gasteiger partial charge in [-0.25, -0.2) is 0 Å². The monoisotopic (exact) mass is 431 g/mol. The predicted octanol–water partition coefficient (Wildman–Crippen LogP) is 5.21. The fourth-order valence-corrected chi connectivity index (χ4v) is 4.63. The van der Waals surface area contributed by atoms with Crippen molar-refractivity contribution in [2.75, 3.05) is 6.54 Å². The van der Waals surface area contributed by atoms with Gasteiger partial charge in [0.1, 0.15) is 0 Å². The zero-order valence-corrected chi connectivity index (χ0v) is 17.2. The van der Waals surface area contributed by atoms with E-state index >= 15 is 0 Å². The molecule has 0 radical (unpaired) electrons. The first-order chi connectivity index (χ1) is 14.9. The maximum absolute atomic E-state index is 13.0. The van der Waals surface area contributed by atoms with Crippen LogP contribution in [0.25, 0.3) is 32.3 Å². The van der Waals surface area contributed by atoms with Gasteiger partial charge in [-0.05, 0) is 62.5 Å². The van der Waals surface area contributed by atoms with Crippen molar-refractivity contribution in [2.45, 2.75) is 11.3 Å². The van der Waals surface area contributed by atoms with Crippen molar-refractivity contribution < 1.29 is 17.1 Å². The highest BCUT2D eigenvalue weighted by molar-refractivity contribution is 7.86. The molecule has 0 fully saturated rings. The van der Waals surface area contributed by atoms with Gasteiger partial charge in [0.05, 0.1) is 4.90 Å². The van der Waals surface area contributed by atoms with E-state index in [4.69, 9.17) is 0 Å². The van der Waals surface area contributed by atoms with Crippen LogP contribution in [0.15, 0.2) is 83.8 Å². The number of hydrogen-bond acceptors (Lipinski definition) is 3. The summed E-state index contributed by atoms with van der Waals surface area (Å²) in [6.45, 7) is 0.378. The van der Waals surface area contributed by atoms with Crippen molar-refractivity contribution in [3.63, 3.8) is 0 Å². The highest BCUT2D eigenvalue weighted by Gasteiger charge is 2.15. The maximum Gasteiger partial charge on any atom is 0.332 e. The molecule has 0 spiro atoms. The third kappa shape index (κ3) is 3.49. The largest absolute Gasteiger partial charge is 0.352 e. The number of hydrogen-bond donors (Lipinski definition) is 1. The summed E-state index contributed by atoms with van der Waals surface area (Å²) in [6.07, 6.45) is 0.504. The molecule has 0 aliphatic carbocycles. The van der Waals surface area contributed by atoms with Crippen molar-refractivity contribution in [2.24, 2.45) is 0 Å². The van der Waals surface area contributed by atoms with Gasteiger partial charge in [-0.15, -0.1) is 3.89 Å². The molecule has 154 valence electrons. The van der Waals surface area contributed by atoms with Crippen LogP contribution >= 0.6 is 0 Å². The molecule has 0 saturated heterocycles. The quantitative estimate of drug-likeness (QED) is 0.307. The van der Waals surface area contributed by atoms with E-state index in [2.05, 4.69) is 29.6 Å². The van der Waals surface area contributed by atoms with Crippen LogP contribution in [0.2, 0.25) is 0 Å². The summed E-state index contributed by atoms with van der Waals surface area (Å²) in [5.74, 6) is -0.166.